The minimum atomic E-state index is -0.414. The highest BCUT2D eigenvalue weighted by Gasteiger charge is 2.44. The molecular weight excluding hydrogens is 316 g/mol. The molecule has 5 heteroatoms. The number of rotatable bonds is 4. The second kappa shape index (κ2) is 6.24. The van der Waals surface area contributed by atoms with Crippen molar-refractivity contribution in [2.45, 2.75) is 25.8 Å². The Hall–Kier alpha value is -2.82. The van der Waals surface area contributed by atoms with E-state index in [2.05, 4.69) is 11.0 Å². The molecular formula is C20H20N2O3. The number of imide groups is 1. The van der Waals surface area contributed by atoms with E-state index in [1.54, 1.807) is 24.3 Å². The fourth-order valence-corrected chi connectivity index (χ4v) is 3.68. The van der Waals surface area contributed by atoms with E-state index in [1.807, 2.05) is 25.1 Å². The molecule has 2 amide bonds. The average Bonchev–Trinajstić information content (AvgIpc) is 3.17. The van der Waals surface area contributed by atoms with E-state index in [-0.39, 0.29) is 18.2 Å². The molecule has 0 N–H and O–H groups in total. The third kappa shape index (κ3) is 2.65. The summed E-state index contributed by atoms with van der Waals surface area (Å²) in [6.45, 7) is 3.28. The summed E-state index contributed by atoms with van der Waals surface area (Å²) in [6, 6.07) is 14.8. The molecule has 1 atom stereocenters. The molecule has 5 nitrogen and oxygen atoms in total. The predicted octanol–water partition coefficient (Wildman–Crippen LogP) is 2.78. The summed E-state index contributed by atoms with van der Waals surface area (Å²) in [5.74, 6) is 0.435. The molecule has 0 radical (unpaired) electrons. The summed E-state index contributed by atoms with van der Waals surface area (Å²) in [7, 11) is 0. The van der Waals surface area contributed by atoms with Crippen LogP contribution in [0.4, 0.5) is 11.4 Å². The molecule has 2 heterocycles. The number of benzene rings is 2. The lowest BCUT2D eigenvalue weighted by atomic mass is 10.1. The Morgan fingerprint density at radius 1 is 1.08 bits per heavy atom. The van der Waals surface area contributed by atoms with Crippen LogP contribution < -0.4 is 14.5 Å². The van der Waals surface area contributed by atoms with Crippen LogP contribution in [0.25, 0.3) is 0 Å². The fourth-order valence-electron chi connectivity index (χ4n) is 3.68. The van der Waals surface area contributed by atoms with Crippen molar-refractivity contribution in [3.63, 3.8) is 0 Å². The van der Waals surface area contributed by atoms with E-state index in [0.717, 1.165) is 24.4 Å². The summed E-state index contributed by atoms with van der Waals surface area (Å²) >= 11 is 0. The first-order chi connectivity index (χ1) is 12.2. The first-order valence-corrected chi connectivity index (χ1v) is 8.63. The molecule has 0 aliphatic carbocycles. The summed E-state index contributed by atoms with van der Waals surface area (Å²) in [5, 5.41) is 0. The monoisotopic (exact) mass is 336 g/mol. The highest BCUT2D eigenvalue weighted by Crippen LogP contribution is 2.34. The zero-order chi connectivity index (χ0) is 17.4. The fraction of sp³-hybridized carbons (Fsp3) is 0.300. The van der Waals surface area contributed by atoms with Crippen LogP contribution >= 0.6 is 0 Å². The number of nitrogens with zero attached hydrogens (tertiary/aromatic N) is 2. The van der Waals surface area contributed by atoms with Gasteiger partial charge in [0.25, 0.3) is 5.91 Å². The molecule has 2 aromatic carbocycles. The van der Waals surface area contributed by atoms with E-state index in [4.69, 9.17) is 4.74 Å². The van der Waals surface area contributed by atoms with Crippen LogP contribution in [-0.2, 0) is 16.0 Å². The molecule has 4 rings (SSSR count). The van der Waals surface area contributed by atoms with Crippen LogP contribution in [0.3, 0.4) is 0 Å². The van der Waals surface area contributed by atoms with Crippen molar-refractivity contribution in [1.82, 2.24) is 0 Å². The molecule has 2 aliphatic rings. The van der Waals surface area contributed by atoms with Crippen molar-refractivity contribution in [2.75, 3.05) is 23.0 Å². The van der Waals surface area contributed by atoms with Gasteiger partial charge in [-0.1, -0.05) is 18.2 Å². The van der Waals surface area contributed by atoms with Crippen LogP contribution in [0.2, 0.25) is 0 Å². The molecule has 2 aliphatic heterocycles. The molecule has 0 aromatic heterocycles. The van der Waals surface area contributed by atoms with E-state index in [1.165, 1.54) is 10.5 Å². The van der Waals surface area contributed by atoms with E-state index in [0.29, 0.717) is 12.3 Å². The van der Waals surface area contributed by atoms with Crippen LogP contribution in [0.1, 0.15) is 18.9 Å². The summed E-state index contributed by atoms with van der Waals surface area (Å²) in [4.78, 5) is 28.9. The number of para-hydroxylation sites is 1. The van der Waals surface area contributed by atoms with E-state index < -0.39 is 6.04 Å². The van der Waals surface area contributed by atoms with Gasteiger partial charge in [-0.2, -0.15) is 0 Å². The Labute approximate surface area is 146 Å². The molecule has 1 saturated heterocycles. The van der Waals surface area contributed by atoms with Gasteiger partial charge in [0, 0.05) is 12.2 Å². The van der Waals surface area contributed by atoms with Gasteiger partial charge < -0.3 is 9.64 Å². The highest BCUT2D eigenvalue weighted by atomic mass is 16.5. The van der Waals surface area contributed by atoms with Gasteiger partial charge in [-0.25, -0.2) is 4.90 Å². The molecule has 0 spiro atoms. The number of fused-ring (bicyclic) bond motifs is 1. The highest BCUT2D eigenvalue weighted by molar-refractivity contribution is 6.23. The number of hydrogen-bond donors (Lipinski definition) is 0. The molecule has 0 bridgehead atoms. The topological polar surface area (TPSA) is 49.9 Å². The number of carbonyl (C=O) groups is 2. The normalized spacial score (nSPS) is 19.5. The standard InChI is InChI=1S/C20H20N2O3/c1-2-25-16-9-7-15(8-10-16)22-19(23)13-18(20(22)24)21-12-11-14-5-3-4-6-17(14)21/h3-10,18H,2,11-13H2,1H3/t18-/m1/s1. The zero-order valence-electron chi connectivity index (χ0n) is 14.1. The van der Waals surface area contributed by atoms with Crippen molar-refractivity contribution in [1.29, 1.82) is 0 Å². The maximum absolute atomic E-state index is 13.0. The van der Waals surface area contributed by atoms with Gasteiger partial charge in [0.2, 0.25) is 5.91 Å². The van der Waals surface area contributed by atoms with E-state index >= 15 is 0 Å². The Balaban J connectivity index is 1.59. The van der Waals surface area contributed by atoms with Crippen molar-refractivity contribution < 1.29 is 14.3 Å². The summed E-state index contributed by atoms with van der Waals surface area (Å²) < 4.78 is 5.42. The van der Waals surface area contributed by atoms with Crippen LogP contribution in [-0.4, -0.2) is 31.0 Å². The molecule has 0 saturated carbocycles. The van der Waals surface area contributed by atoms with Crippen LogP contribution in [0.15, 0.2) is 48.5 Å². The number of carbonyl (C=O) groups excluding carboxylic acids is 2. The first-order valence-electron chi connectivity index (χ1n) is 8.63. The van der Waals surface area contributed by atoms with Gasteiger partial charge in [0.15, 0.2) is 0 Å². The maximum atomic E-state index is 13.0. The van der Waals surface area contributed by atoms with Gasteiger partial charge in [0.05, 0.1) is 18.7 Å². The third-order valence-electron chi connectivity index (χ3n) is 4.83. The van der Waals surface area contributed by atoms with E-state index in [9.17, 15) is 9.59 Å². The molecule has 25 heavy (non-hydrogen) atoms. The Morgan fingerprint density at radius 2 is 1.84 bits per heavy atom. The SMILES string of the molecule is CCOc1ccc(N2C(=O)C[C@@H](N3CCc4ccccc43)C2=O)cc1. The number of anilines is 2. The van der Waals surface area contributed by atoms with Gasteiger partial charge in [-0.3, -0.25) is 9.59 Å². The van der Waals surface area contributed by atoms with Crippen molar-refractivity contribution in [3.05, 3.63) is 54.1 Å². The number of hydrogen-bond acceptors (Lipinski definition) is 4. The predicted molar refractivity (Wildman–Crippen MR) is 96.0 cm³/mol. The minimum absolute atomic E-state index is 0.147. The molecule has 2 aromatic rings. The second-order valence-corrected chi connectivity index (χ2v) is 6.29. The molecule has 128 valence electrons. The zero-order valence-corrected chi connectivity index (χ0v) is 14.1. The lowest BCUT2D eigenvalue weighted by Gasteiger charge is -2.25. The van der Waals surface area contributed by atoms with Gasteiger partial charge >= 0.3 is 0 Å². The number of amides is 2. The lowest BCUT2D eigenvalue weighted by molar-refractivity contribution is -0.121. The molecule has 0 unspecified atom stereocenters. The quantitative estimate of drug-likeness (QED) is 0.806. The first kappa shape index (κ1) is 15.7. The second-order valence-electron chi connectivity index (χ2n) is 6.29. The van der Waals surface area contributed by atoms with Crippen molar-refractivity contribution in [2.24, 2.45) is 0 Å². The van der Waals surface area contributed by atoms with Gasteiger partial charge in [-0.05, 0) is 49.2 Å². The van der Waals surface area contributed by atoms with Gasteiger partial charge in [0.1, 0.15) is 11.8 Å². The minimum Gasteiger partial charge on any atom is -0.494 e. The van der Waals surface area contributed by atoms with Crippen LogP contribution in [0.5, 0.6) is 5.75 Å². The summed E-state index contributed by atoms with van der Waals surface area (Å²) in [5.41, 5.74) is 2.91. The van der Waals surface area contributed by atoms with Crippen LogP contribution in [0, 0.1) is 0 Å². The maximum Gasteiger partial charge on any atom is 0.256 e. The van der Waals surface area contributed by atoms with Crippen molar-refractivity contribution >= 4 is 23.2 Å². The van der Waals surface area contributed by atoms with Crippen molar-refractivity contribution in [3.8, 4) is 5.75 Å². The third-order valence-corrected chi connectivity index (χ3v) is 4.83. The average molecular weight is 336 g/mol. The van der Waals surface area contributed by atoms with Gasteiger partial charge in [-0.15, -0.1) is 0 Å². The smallest absolute Gasteiger partial charge is 0.256 e. The lowest BCUT2D eigenvalue weighted by Crippen LogP contribution is -2.41. The Kier molecular flexibility index (Phi) is 3.92. The molecule has 1 fully saturated rings. The Bertz CT molecular complexity index is 816. The summed E-state index contributed by atoms with van der Waals surface area (Å²) in [6.07, 6.45) is 1.14. The Morgan fingerprint density at radius 3 is 2.60 bits per heavy atom. The number of ether oxygens (including phenoxy) is 1. The largest absolute Gasteiger partial charge is 0.494 e.